The van der Waals surface area contributed by atoms with Crippen LogP contribution in [0.2, 0.25) is 5.02 Å². The zero-order valence-corrected chi connectivity index (χ0v) is 25.8. The van der Waals surface area contributed by atoms with Crippen molar-refractivity contribution < 1.29 is 23.4 Å². The van der Waals surface area contributed by atoms with Gasteiger partial charge in [-0.05, 0) is 80.8 Å². The Hall–Kier alpha value is -2.75. The summed E-state index contributed by atoms with van der Waals surface area (Å²) in [6, 6.07) is 20.6. The highest BCUT2D eigenvalue weighted by Gasteiger charge is 2.25. The number of carboxylic acids is 1. The van der Waals surface area contributed by atoms with Gasteiger partial charge >= 0.3 is 5.97 Å². The van der Waals surface area contributed by atoms with Crippen LogP contribution >= 0.6 is 11.6 Å². The molecule has 0 aliphatic rings. The fourth-order valence-corrected chi connectivity index (χ4v) is 6.32. The molecule has 222 valence electrons. The molecule has 0 aromatic heterocycles. The van der Waals surface area contributed by atoms with Crippen molar-refractivity contribution in [1.82, 2.24) is 9.62 Å². The second-order valence-corrected chi connectivity index (χ2v) is 13.7. The second-order valence-electron chi connectivity index (χ2n) is 11.2. The predicted octanol–water partition coefficient (Wildman–Crippen LogP) is 5.71. The van der Waals surface area contributed by atoms with E-state index in [1.54, 1.807) is 6.07 Å². The summed E-state index contributed by atoms with van der Waals surface area (Å²) in [6.45, 7) is 6.27. The SMILES string of the molecule is Cc1ccc(CCC(=O)O)cc1-c1ccc(S(=O)(=O)N(C)CC(O)CNC(C)(C)CCCc2ccccc2)cc1Cl. The maximum absolute atomic E-state index is 13.3. The molecule has 7 nitrogen and oxygen atoms in total. The number of aryl methyl sites for hydroxylation is 3. The number of hydrogen-bond donors (Lipinski definition) is 3. The summed E-state index contributed by atoms with van der Waals surface area (Å²) in [4.78, 5) is 11.0. The van der Waals surface area contributed by atoms with Gasteiger partial charge in [0.2, 0.25) is 10.0 Å². The lowest BCUT2D eigenvalue weighted by Gasteiger charge is -2.29. The van der Waals surface area contributed by atoms with Crippen LogP contribution < -0.4 is 5.32 Å². The molecule has 0 saturated heterocycles. The number of aliphatic hydroxyl groups is 1. The molecule has 3 rings (SSSR count). The highest BCUT2D eigenvalue weighted by molar-refractivity contribution is 7.89. The first-order valence-electron chi connectivity index (χ1n) is 13.8. The fourth-order valence-electron chi connectivity index (χ4n) is 4.74. The number of sulfonamides is 1. The van der Waals surface area contributed by atoms with Gasteiger partial charge in [0.1, 0.15) is 0 Å². The number of nitrogens with one attached hydrogen (secondary N) is 1. The summed E-state index contributed by atoms with van der Waals surface area (Å²) in [7, 11) is -2.45. The van der Waals surface area contributed by atoms with Gasteiger partial charge in [0, 0.05) is 42.7 Å². The molecule has 0 fully saturated rings. The first-order chi connectivity index (χ1) is 19.3. The third kappa shape index (κ3) is 9.65. The topological polar surface area (TPSA) is 107 Å². The van der Waals surface area contributed by atoms with E-state index in [1.807, 2.05) is 43.3 Å². The zero-order chi connectivity index (χ0) is 30.2. The molecule has 0 spiro atoms. The Kier molecular flexibility index (Phi) is 11.5. The van der Waals surface area contributed by atoms with E-state index in [1.165, 1.54) is 24.7 Å². The number of hydrogen-bond acceptors (Lipinski definition) is 5. The van der Waals surface area contributed by atoms with E-state index >= 15 is 0 Å². The van der Waals surface area contributed by atoms with E-state index in [-0.39, 0.29) is 35.0 Å². The molecular weight excluding hydrogens is 560 g/mol. The minimum atomic E-state index is -3.89. The molecule has 9 heteroatoms. The molecule has 0 aliphatic heterocycles. The molecule has 1 atom stereocenters. The lowest BCUT2D eigenvalue weighted by atomic mass is 9.95. The van der Waals surface area contributed by atoms with Crippen LogP contribution in [0.1, 0.15) is 49.8 Å². The van der Waals surface area contributed by atoms with Crippen molar-refractivity contribution in [3.8, 4) is 11.1 Å². The number of aliphatic carboxylic acids is 1. The average Bonchev–Trinajstić information content (AvgIpc) is 2.92. The number of aliphatic hydroxyl groups excluding tert-OH is 1. The van der Waals surface area contributed by atoms with Crippen molar-refractivity contribution in [3.63, 3.8) is 0 Å². The van der Waals surface area contributed by atoms with Crippen LogP contribution in [0.25, 0.3) is 11.1 Å². The highest BCUT2D eigenvalue weighted by Crippen LogP contribution is 2.33. The van der Waals surface area contributed by atoms with E-state index in [4.69, 9.17) is 16.7 Å². The number of nitrogens with zero attached hydrogens (tertiary/aromatic N) is 1. The van der Waals surface area contributed by atoms with Gasteiger partial charge in [-0.2, -0.15) is 4.31 Å². The van der Waals surface area contributed by atoms with Crippen LogP contribution in [0.4, 0.5) is 0 Å². The molecular formula is C32H41ClN2O5S. The smallest absolute Gasteiger partial charge is 0.303 e. The van der Waals surface area contributed by atoms with Gasteiger partial charge in [-0.3, -0.25) is 4.79 Å². The minimum Gasteiger partial charge on any atom is -0.481 e. The minimum absolute atomic E-state index is 0.0207. The highest BCUT2D eigenvalue weighted by atomic mass is 35.5. The molecule has 0 amide bonds. The summed E-state index contributed by atoms with van der Waals surface area (Å²) in [6.07, 6.45) is 2.40. The Morgan fingerprint density at radius 2 is 1.71 bits per heavy atom. The van der Waals surface area contributed by atoms with Crippen LogP contribution in [0.5, 0.6) is 0 Å². The number of carbonyl (C=O) groups is 1. The summed E-state index contributed by atoms with van der Waals surface area (Å²) in [5.41, 5.74) is 4.38. The molecule has 0 saturated carbocycles. The second kappa shape index (κ2) is 14.4. The Labute approximate surface area is 249 Å². The molecule has 3 aromatic carbocycles. The van der Waals surface area contributed by atoms with Crippen LogP contribution in [-0.4, -0.2) is 60.7 Å². The van der Waals surface area contributed by atoms with Gasteiger partial charge in [0.05, 0.1) is 11.0 Å². The maximum Gasteiger partial charge on any atom is 0.303 e. The summed E-state index contributed by atoms with van der Waals surface area (Å²) < 4.78 is 27.7. The van der Waals surface area contributed by atoms with Gasteiger partial charge in [0.15, 0.2) is 0 Å². The molecule has 3 aromatic rings. The lowest BCUT2D eigenvalue weighted by molar-refractivity contribution is -0.136. The van der Waals surface area contributed by atoms with Gasteiger partial charge in [-0.1, -0.05) is 66.2 Å². The van der Waals surface area contributed by atoms with Gasteiger partial charge in [-0.15, -0.1) is 0 Å². The quantitative estimate of drug-likeness (QED) is 0.206. The maximum atomic E-state index is 13.3. The number of likely N-dealkylation sites (N-methyl/N-ethyl adjacent to an activating group) is 1. The number of carboxylic acid groups (broad SMARTS) is 1. The zero-order valence-electron chi connectivity index (χ0n) is 24.2. The Bertz CT molecular complexity index is 1430. The number of halogens is 1. The first kappa shape index (κ1) is 32.8. The summed E-state index contributed by atoms with van der Waals surface area (Å²) in [5, 5.41) is 23.3. The third-order valence-corrected chi connectivity index (χ3v) is 9.39. The average molecular weight is 601 g/mol. The van der Waals surface area contributed by atoms with E-state index in [0.29, 0.717) is 12.0 Å². The molecule has 0 bridgehead atoms. The van der Waals surface area contributed by atoms with E-state index < -0.39 is 22.1 Å². The molecule has 3 N–H and O–H groups in total. The molecule has 1 unspecified atom stereocenters. The first-order valence-corrected chi connectivity index (χ1v) is 15.6. The summed E-state index contributed by atoms with van der Waals surface area (Å²) >= 11 is 6.58. The van der Waals surface area contributed by atoms with Crippen molar-refractivity contribution in [2.24, 2.45) is 0 Å². The van der Waals surface area contributed by atoms with Crippen LogP contribution in [0.3, 0.4) is 0 Å². The predicted molar refractivity (Wildman–Crippen MR) is 165 cm³/mol. The van der Waals surface area contributed by atoms with Gasteiger partial charge < -0.3 is 15.5 Å². The normalized spacial score (nSPS) is 13.0. The van der Waals surface area contributed by atoms with E-state index in [2.05, 4.69) is 31.3 Å². The molecule has 0 aliphatic carbocycles. The largest absolute Gasteiger partial charge is 0.481 e. The van der Waals surface area contributed by atoms with Gasteiger partial charge in [-0.25, -0.2) is 8.42 Å². The van der Waals surface area contributed by atoms with Crippen LogP contribution in [-0.2, 0) is 27.7 Å². The van der Waals surface area contributed by atoms with Crippen molar-refractivity contribution in [1.29, 1.82) is 0 Å². The molecule has 0 heterocycles. The standard InChI is InChI=1S/C32H41ClN2O5S/c1-23-12-13-25(14-17-31(37)38)19-29(23)28-16-15-27(20-30(28)33)41(39,40)35(4)22-26(36)21-34-32(2,3)18-8-11-24-9-6-5-7-10-24/h5-7,9-10,12-13,15-16,19-20,26,34,36H,8,11,14,17-18,21-22H2,1-4H3,(H,37,38). The van der Waals surface area contributed by atoms with Gasteiger partial charge in [0.25, 0.3) is 0 Å². The van der Waals surface area contributed by atoms with Crippen LogP contribution in [0.15, 0.2) is 71.6 Å². The van der Waals surface area contributed by atoms with Crippen molar-refractivity contribution in [2.45, 2.75) is 69.4 Å². The van der Waals surface area contributed by atoms with E-state index in [0.717, 1.165) is 40.3 Å². The summed E-state index contributed by atoms with van der Waals surface area (Å²) in [5.74, 6) is -0.868. The molecule has 41 heavy (non-hydrogen) atoms. The number of rotatable bonds is 15. The number of benzene rings is 3. The van der Waals surface area contributed by atoms with E-state index in [9.17, 15) is 18.3 Å². The Balaban J connectivity index is 1.60. The van der Waals surface area contributed by atoms with Crippen molar-refractivity contribution in [2.75, 3.05) is 20.1 Å². The van der Waals surface area contributed by atoms with Crippen LogP contribution in [0, 0.1) is 6.92 Å². The fraction of sp³-hybridized carbons (Fsp3) is 0.406. The van der Waals surface area contributed by atoms with Crippen molar-refractivity contribution in [3.05, 3.63) is 88.4 Å². The third-order valence-electron chi connectivity index (χ3n) is 7.26. The Morgan fingerprint density at radius 3 is 2.37 bits per heavy atom. The number of β-amino-alcohol motifs (C(OH)–C–C–N with tert-alkyl or cyclic N) is 1. The monoisotopic (exact) mass is 600 g/mol. The Morgan fingerprint density at radius 1 is 1.00 bits per heavy atom. The molecule has 0 radical (unpaired) electrons. The lowest BCUT2D eigenvalue weighted by Crippen LogP contribution is -2.46. The van der Waals surface area contributed by atoms with Crippen molar-refractivity contribution >= 4 is 27.6 Å².